The van der Waals surface area contributed by atoms with Crippen molar-refractivity contribution in [1.29, 1.82) is 0 Å². The molecule has 5 aromatic carbocycles. The van der Waals surface area contributed by atoms with Crippen LogP contribution in [0, 0.1) is 0 Å². The number of rotatable bonds is 2. The van der Waals surface area contributed by atoms with Crippen LogP contribution in [0.3, 0.4) is 0 Å². The van der Waals surface area contributed by atoms with Gasteiger partial charge in [-0.1, -0.05) is 48.5 Å². The largest absolute Gasteiger partial charge is 0.452 e. The molecular weight excluding hydrogens is 568 g/mol. The van der Waals surface area contributed by atoms with Gasteiger partial charge in [-0.05, 0) is 72.8 Å². The Labute approximate surface area is 260 Å². The third kappa shape index (κ3) is 3.00. The zero-order chi connectivity index (χ0) is 29.9. The molecule has 0 bridgehead atoms. The Morgan fingerprint density at radius 1 is 0.435 bits per heavy atom. The van der Waals surface area contributed by atoms with E-state index in [2.05, 4.69) is 79.4 Å². The standard InChI is InChI=1S/C40H22N4O2/c1-3-13-33-31(11-1)43-29-17-15-23(27-9-5-7-19-41-27)21-25(29)35-37(43)39(45-33)36-26-22-24(28-10-6-8-20-42-28)16-18-30(26)44-32-12-2-4-14-34(32)46-40(35)38(36)44/h1-22H. The van der Waals surface area contributed by atoms with Crippen LogP contribution >= 0.6 is 0 Å². The molecule has 11 aromatic rings. The van der Waals surface area contributed by atoms with Crippen molar-refractivity contribution in [3.8, 4) is 22.5 Å². The summed E-state index contributed by atoms with van der Waals surface area (Å²) in [4.78, 5) is 9.33. The van der Waals surface area contributed by atoms with Crippen molar-refractivity contribution < 1.29 is 8.83 Å². The van der Waals surface area contributed by atoms with Crippen LogP contribution in [0.2, 0.25) is 0 Å². The molecule has 6 aromatic heterocycles. The highest BCUT2D eigenvalue weighted by atomic mass is 16.3. The Morgan fingerprint density at radius 3 is 1.35 bits per heavy atom. The van der Waals surface area contributed by atoms with Gasteiger partial charge in [-0.3, -0.25) is 9.97 Å². The van der Waals surface area contributed by atoms with E-state index >= 15 is 0 Å². The lowest BCUT2D eigenvalue weighted by Gasteiger charge is -2.11. The van der Waals surface area contributed by atoms with Crippen molar-refractivity contribution in [2.45, 2.75) is 0 Å². The number of para-hydroxylation sites is 4. The van der Waals surface area contributed by atoms with Gasteiger partial charge in [0.1, 0.15) is 11.0 Å². The minimum atomic E-state index is 0.816. The van der Waals surface area contributed by atoms with Gasteiger partial charge < -0.3 is 17.6 Å². The molecule has 0 aliphatic carbocycles. The molecule has 6 heterocycles. The molecule has 0 unspecified atom stereocenters. The molecule has 0 N–H and O–H groups in total. The first-order valence-electron chi connectivity index (χ1n) is 15.3. The fourth-order valence-corrected chi connectivity index (χ4v) is 7.47. The molecule has 0 aliphatic heterocycles. The number of fused-ring (bicyclic) bond motifs is 12. The quantitative estimate of drug-likeness (QED) is 0.188. The average molecular weight is 591 g/mol. The van der Waals surface area contributed by atoms with E-state index < -0.39 is 0 Å². The molecule has 46 heavy (non-hydrogen) atoms. The van der Waals surface area contributed by atoms with Crippen molar-refractivity contribution in [2.75, 3.05) is 0 Å². The molecule has 214 valence electrons. The fraction of sp³-hybridized carbons (Fsp3) is 0. The summed E-state index contributed by atoms with van der Waals surface area (Å²) < 4.78 is 18.6. The maximum Gasteiger partial charge on any atom is 0.162 e. The molecule has 0 atom stereocenters. The Hall–Kier alpha value is -6.40. The van der Waals surface area contributed by atoms with Gasteiger partial charge in [-0.2, -0.15) is 0 Å². The van der Waals surface area contributed by atoms with Gasteiger partial charge in [0, 0.05) is 34.3 Å². The van der Waals surface area contributed by atoms with Crippen molar-refractivity contribution in [1.82, 2.24) is 18.8 Å². The van der Waals surface area contributed by atoms with Crippen LogP contribution in [0.15, 0.2) is 143 Å². The summed E-state index contributed by atoms with van der Waals surface area (Å²) in [6.07, 6.45) is 3.67. The van der Waals surface area contributed by atoms with Gasteiger partial charge in [-0.15, -0.1) is 0 Å². The average Bonchev–Trinajstić information content (AvgIpc) is 3.65. The second-order valence-corrected chi connectivity index (χ2v) is 11.8. The van der Waals surface area contributed by atoms with Gasteiger partial charge in [0.25, 0.3) is 0 Å². The minimum absolute atomic E-state index is 0.816. The van der Waals surface area contributed by atoms with E-state index in [0.717, 1.165) is 99.5 Å². The lowest BCUT2D eigenvalue weighted by atomic mass is 10.0. The number of pyridine rings is 2. The van der Waals surface area contributed by atoms with Gasteiger partial charge in [-0.25, -0.2) is 0 Å². The van der Waals surface area contributed by atoms with Gasteiger partial charge in [0.2, 0.25) is 0 Å². The lowest BCUT2D eigenvalue weighted by molar-refractivity contribution is 0.653. The lowest BCUT2D eigenvalue weighted by Crippen LogP contribution is -1.93. The number of aromatic nitrogens is 4. The summed E-state index contributed by atoms with van der Waals surface area (Å²) in [5.41, 5.74) is 13.4. The Morgan fingerprint density at radius 2 is 0.891 bits per heavy atom. The number of benzene rings is 5. The molecule has 0 saturated carbocycles. The van der Waals surface area contributed by atoms with E-state index in [9.17, 15) is 0 Å². The van der Waals surface area contributed by atoms with E-state index in [-0.39, 0.29) is 0 Å². The third-order valence-electron chi connectivity index (χ3n) is 9.38. The van der Waals surface area contributed by atoms with Crippen molar-refractivity contribution >= 4 is 77.0 Å². The summed E-state index contributed by atoms with van der Waals surface area (Å²) in [5.74, 6) is 0. The SMILES string of the molecule is c1ccc(-c2ccc3c(c2)c2c4oc5ccccc5n5c6ccc(-c7ccccn7)cc6c(c6oc7ccccc7n3c62)c45)nc1. The van der Waals surface area contributed by atoms with Crippen LogP contribution in [0.4, 0.5) is 0 Å². The first-order valence-corrected chi connectivity index (χ1v) is 15.3. The van der Waals surface area contributed by atoms with E-state index in [1.165, 1.54) is 0 Å². The van der Waals surface area contributed by atoms with E-state index in [1.54, 1.807) is 0 Å². The van der Waals surface area contributed by atoms with Gasteiger partial charge in [0.05, 0.1) is 44.2 Å². The topological polar surface area (TPSA) is 60.9 Å². The first kappa shape index (κ1) is 24.0. The monoisotopic (exact) mass is 590 g/mol. The van der Waals surface area contributed by atoms with Crippen molar-refractivity contribution in [2.24, 2.45) is 0 Å². The molecular formula is C40H22N4O2. The summed E-state index contributed by atoms with van der Waals surface area (Å²) in [5, 5.41) is 4.21. The molecule has 0 amide bonds. The second-order valence-electron chi connectivity index (χ2n) is 11.8. The molecule has 6 heteroatoms. The normalized spacial score (nSPS) is 12.3. The van der Waals surface area contributed by atoms with Crippen molar-refractivity contribution in [3.05, 3.63) is 134 Å². The molecule has 0 radical (unpaired) electrons. The number of hydrogen-bond acceptors (Lipinski definition) is 4. The van der Waals surface area contributed by atoms with E-state index in [4.69, 9.17) is 8.83 Å². The number of nitrogens with zero attached hydrogens (tertiary/aromatic N) is 4. The maximum atomic E-state index is 6.97. The smallest absolute Gasteiger partial charge is 0.162 e. The third-order valence-corrected chi connectivity index (χ3v) is 9.38. The Bertz CT molecular complexity index is 2810. The minimum Gasteiger partial charge on any atom is -0.452 e. The van der Waals surface area contributed by atoms with Crippen molar-refractivity contribution in [3.63, 3.8) is 0 Å². The summed E-state index contributed by atoms with van der Waals surface area (Å²) in [6, 6.07) is 41.8. The molecule has 0 spiro atoms. The molecule has 0 aliphatic rings. The van der Waals surface area contributed by atoms with Gasteiger partial charge >= 0.3 is 0 Å². The zero-order valence-corrected chi connectivity index (χ0v) is 24.3. The Kier molecular flexibility index (Phi) is 4.49. The summed E-state index contributed by atoms with van der Waals surface area (Å²) >= 11 is 0. The summed E-state index contributed by atoms with van der Waals surface area (Å²) in [7, 11) is 0. The van der Waals surface area contributed by atoms with Crippen LogP contribution in [0.5, 0.6) is 0 Å². The maximum absolute atomic E-state index is 6.97. The highest BCUT2D eigenvalue weighted by molar-refractivity contribution is 6.35. The van der Waals surface area contributed by atoms with Crippen LogP contribution < -0.4 is 0 Å². The molecule has 0 saturated heterocycles. The van der Waals surface area contributed by atoms with Crippen LogP contribution in [-0.2, 0) is 0 Å². The van der Waals surface area contributed by atoms with Gasteiger partial charge in [0.15, 0.2) is 22.3 Å². The zero-order valence-electron chi connectivity index (χ0n) is 24.3. The summed E-state index contributed by atoms with van der Waals surface area (Å²) in [6.45, 7) is 0. The Balaban J connectivity index is 1.45. The molecule has 6 nitrogen and oxygen atoms in total. The van der Waals surface area contributed by atoms with E-state index in [1.807, 2.05) is 73.1 Å². The predicted octanol–water partition coefficient (Wildman–Crippen LogP) is 10.4. The molecule has 0 fully saturated rings. The molecule has 11 rings (SSSR count). The van der Waals surface area contributed by atoms with Crippen LogP contribution in [-0.4, -0.2) is 18.8 Å². The highest BCUT2D eigenvalue weighted by Crippen LogP contribution is 2.48. The predicted molar refractivity (Wildman–Crippen MR) is 184 cm³/mol. The first-order chi connectivity index (χ1) is 22.8. The van der Waals surface area contributed by atoms with Crippen LogP contribution in [0.1, 0.15) is 0 Å². The van der Waals surface area contributed by atoms with E-state index in [0.29, 0.717) is 0 Å². The second kappa shape index (κ2) is 8.61. The fourth-order valence-electron chi connectivity index (χ4n) is 7.47. The number of hydrogen-bond donors (Lipinski definition) is 0. The highest BCUT2D eigenvalue weighted by Gasteiger charge is 2.27. The van der Waals surface area contributed by atoms with Crippen LogP contribution in [0.25, 0.3) is 99.5 Å².